The highest BCUT2D eigenvalue weighted by molar-refractivity contribution is 5.69. The molecule has 5 heteroatoms. The molecular weight excluding hydrogens is 221 g/mol. The van der Waals surface area contributed by atoms with Crippen molar-refractivity contribution in [3.05, 3.63) is 29.6 Å². The van der Waals surface area contributed by atoms with E-state index in [0.29, 0.717) is 29.2 Å². The summed E-state index contributed by atoms with van der Waals surface area (Å²) in [7, 11) is 1.50. The van der Waals surface area contributed by atoms with Gasteiger partial charge in [0, 0.05) is 17.2 Å². The summed E-state index contributed by atoms with van der Waals surface area (Å²) in [4.78, 5) is 0. The maximum absolute atomic E-state index is 13.9. The smallest absolute Gasteiger partial charge is 0.149 e. The van der Waals surface area contributed by atoms with Gasteiger partial charge in [-0.05, 0) is 18.6 Å². The van der Waals surface area contributed by atoms with Crippen LogP contribution in [0.1, 0.15) is 12.5 Å². The molecule has 0 spiro atoms. The second-order valence-electron chi connectivity index (χ2n) is 3.66. The molecule has 0 aliphatic heterocycles. The Bertz CT molecular complexity index is 537. The van der Waals surface area contributed by atoms with Gasteiger partial charge in [0.1, 0.15) is 17.4 Å². The monoisotopic (exact) mass is 235 g/mol. The van der Waals surface area contributed by atoms with Crippen LogP contribution in [0.15, 0.2) is 18.2 Å². The molecular formula is C12H14FN3O. The summed E-state index contributed by atoms with van der Waals surface area (Å²) in [6.07, 6.45) is 0.698. The van der Waals surface area contributed by atoms with E-state index in [-0.39, 0.29) is 5.82 Å². The number of nitrogens with zero attached hydrogens (tertiary/aromatic N) is 1. The average Bonchev–Trinajstić information content (AvgIpc) is 2.70. The largest absolute Gasteiger partial charge is 0.497 e. The number of methoxy groups -OCH3 is 1. The molecule has 4 nitrogen and oxygen atoms in total. The van der Waals surface area contributed by atoms with Gasteiger partial charge >= 0.3 is 0 Å². The molecule has 0 aliphatic carbocycles. The van der Waals surface area contributed by atoms with Gasteiger partial charge in [0.05, 0.1) is 12.8 Å². The molecule has 90 valence electrons. The fourth-order valence-corrected chi connectivity index (χ4v) is 1.79. The van der Waals surface area contributed by atoms with E-state index in [1.54, 1.807) is 12.1 Å². The van der Waals surface area contributed by atoms with Gasteiger partial charge in [0.2, 0.25) is 0 Å². The first-order chi connectivity index (χ1) is 8.17. The maximum atomic E-state index is 13.9. The van der Waals surface area contributed by atoms with E-state index in [1.807, 2.05) is 6.92 Å². The van der Waals surface area contributed by atoms with Crippen LogP contribution in [0.3, 0.4) is 0 Å². The van der Waals surface area contributed by atoms with Gasteiger partial charge in [-0.25, -0.2) is 4.39 Å². The minimum Gasteiger partial charge on any atom is -0.497 e. The molecule has 0 unspecified atom stereocenters. The van der Waals surface area contributed by atoms with E-state index in [1.165, 1.54) is 13.2 Å². The van der Waals surface area contributed by atoms with Crippen LogP contribution in [-0.2, 0) is 6.42 Å². The third-order valence-electron chi connectivity index (χ3n) is 2.70. The van der Waals surface area contributed by atoms with Gasteiger partial charge in [-0.3, -0.25) is 5.10 Å². The van der Waals surface area contributed by atoms with E-state index in [2.05, 4.69) is 10.2 Å². The van der Waals surface area contributed by atoms with Gasteiger partial charge in [0.25, 0.3) is 0 Å². The molecule has 2 rings (SSSR count). The number of hydrogen-bond acceptors (Lipinski definition) is 3. The SMILES string of the molecule is CCc1c(N)n[nH]c1-c1ccc(OC)cc1F. The van der Waals surface area contributed by atoms with Crippen LogP contribution >= 0.6 is 0 Å². The van der Waals surface area contributed by atoms with Crippen molar-refractivity contribution in [1.82, 2.24) is 10.2 Å². The molecule has 0 saturated carbocycles. The standard InChI is InChI=1S/C12H14FN3O/c1-3-8-11(15-16-12(8)14)9-5-4-7(17-2)6-10(9)13/h4-6H,3H2,1-2H3,(H3,14,15,16). The van der Waals surface area contributed by atoms with Crippen molar-refractivity contribution < 1.29 is 9.13 Å². The number of hydrogen-bond donors (Lipinski definition) is 2. The molecule has 0 amide bonds. The quantitative estimate of drug-likeness (QED) is 0.858. The number of halogens is 1. The molecule has 1 aromatic carbocycles. The minimum absolute atomic E-state index is 0.359. The van der Waals surface area contributed by atoms with Crippen LogP contribution in [0.2, 0.25) is 0 Å². The third-order valence-corrected chi connectivity index (χ3v) is 2.70. The van der Waals surface area contributed by atoms with Crippen molar-refractivity contribution in [2.45, 2.75) is 13.3 Å². The molecule has 0 saturated heterocycles. The first-order valence-electron chi connectivity index (χ1n) is 5.34. The molecule has 0 aliphatic rings. The Morgan fingerprint density at radius 1 is 1.47 bits per heavy atom. The lowest BCUT2D eigenvalue weighted by Gasteiger charge is -2.05. The highest BCUT2D eigenvalue weighted by atomic mass is 19.1. The van der Waals surface area contributed by atoms with Crippen LogP contribution in [0.25, 0.3) is 11.3 Å². The summed E-state index contributed by atoms with van der Waals surface area (Å²) in [5, 5.41) is 6.67. The zero-order valence-electron chi connectivity index (χ0n) is 9.75. The summed E-state index contributed by atoms with van der Waals surface area (Å²) in [6.45, 7) is 1.95. The number of benzene rings is 1. The fraction of sp³-hybridized carbons (Fsp3) is 0.250. The lowest BCUT2D eigenvalue weighted by atomic mass is 10.1. The van der Waals surface area contributed by atoms with Crippen molar-refractivity contribution in [3.8, 4) is 17.0 Å². The Morgan fingerprint density at radius 2 is 2.24 bits per heavy atom. The summed E-state index contributed by atoms with van der Waals surface area (Å²) in [5.41, 5.74) is 7.61. The second-order valence-corrected chi connectivity index (χ2v) is 3.66. The van der Waals surface area contributed by atoms with Crippen LogP contribution in [0, 0.1) is 5.82 Å². The predicted octanol–water partition coefficient (Wildman–Crippen LogP) is 2.37. The van der Waals surface area contributed by atoms with E-state index in [0.717, 1.165) is 5.56 Å². The van der Waals surface area contributed by atoms with E-state index in [9.17, 15) is 4.39 Å². The van der Waals surface area contributed by atoms with Gasteiger partial charge in [-0.1, -0.05) is 6.92 Å². The summed E-state index contributed by atoms with van der Waals surface area (Å²) in [5.74, 6) is 0.539. The van der Waals surface area contributed by atoms with Crippen molar-refractivity contribution in [2.24, 2.45) is 0 Å². The molecule has 0 atom stereocenters. The number of ether oxygens (including phenoxy) is 1. The number of nitrogens with two attached hydrogens (primary N) is 1. The molecule has 1 aromatic heterocycles. The lowest BCUT2D eigenvalue weighted by molar-refractivity contribution is 0.411. The van der Waals surface area contributed by atoms with E-state index < -0.39 is 0 Å². The molecule has 17 heavy (non-hydrogen) atoms. The number of nitrogen functional groups attached to an aromatic ring is 1. The predicted molar refractivity (Wildman–Crippen MR) is 64.3 cm³/mol. The Kier molecular flexibility index (Phi) is 2.99. The molecule has 1 heterocycles. The molecule has 3 N–H and O–H groups in total. The third kappa shape index (κ3) is 1.95. The fourth-order valence-electron chi connectivity index (χ4n) is 1.79. The topological polar surface area (TPSA) is 63.9 Å². The normalized spacial score (nSPS) is 10.5. The highest BCUT2D eigenvalue weighted by Gasteiger charge is 2.14. The zero-order chi connectivity index (χ0) is 12.4. The summed E-state index contributed by atoms with van der Waals surface area (Å²) < 4.78 is 18.8. The minimum atomic E-state index is -0.359. The van der Waals surface area contributed by atoms with Crippen molar-refractivity contribution >= 4 is 5.82 Å². The van der Waals surface area contributed by atoms with Gasteiger partial charge in [-0.2, -0.15) is 5.10 Å². The number of H-pyrrole nitrogens is 1. The van der Waals surface area contributed by atoms with Gasteiger partial charge < -0.3 is 10.5 Å². The van der Waals surface area contributed by atoms with Gasteiger partial charge in [0.15, 0.2) is 0 Å². The number of rotatable bonds is 3. The molecule has 2 aromatic rings. The van der Waals surface area contributed by atoms with E-state index in [4.69, 9.17) is 10.5 Å². The van der Waals surface area contributed by atoms with E-state index >= 15 is 0 Å². The summed E-state index contributed by atoms with van der Waals surface area (Å²) >= 11 is 0. The molecule has 0 radical (unpaired) electrons. The molecule has 0 fully saturated rings. The van der Waals surface area contributed by atoms with Crippen molar-refractivity contribution in [3.63, 3.8) is 0 Å². The second kappa shape index (κ2) is 4.45. The lowest BCUT2D eigenvalue weighted by Crippen LogP contribution is -1.93. The van der Waals surface area contributed by atoms with Crippen LogP contribution in [0.4, 0.5) is 10.2 Å². The van der Waals surface area contributed by atoms with Crippen molar-refractivity contribution in [2.75, 3.05) is 12.8 Å². The number of anilines is 1. The zero-order valence-corrected chi connectivity index (χ0v) is 9.75. The first-order valence-corrected chi connectivity index (χ1v) is 5.34. The number of nitrogens with one attached hydrogen (secondary N) is 1. The maximum Gasteiger partial charge on any atom is 0.149 e. The van der Waals surface area contributed by atoms with Crippen LogP contribution in [-0.4, -0.2) is 17.3 Å². The Morgan fingerprint density at radius 3 is 2.82 bits per heavy atom. The average molecular weight is 235 g/mol. The van der Waals surface area contributed by atoms with Gasteiger partial charge in [-0.15, -0.1) is 0 Å². The van der Waals surface area contributed by atoms with Crippen LogP contribution in [0.5, 0.6) is 5.75 Å². The Balaban J connectivity index is 2.53. The highest BCUT2D eigenvalue weighted by Crippen LogP contribution is 2.29. The Hall–Kier alpha value is -2.04. The number of aromatic nitrogens is 2. The Labute approximate surface area is 98.6 Å². The van der Waals surface area contributed by atoms with Crippen LogP contribution < -0.4 is 10.5 Å². The first kappa shape index (κ1) is 11.4. The molecule has 0 bridgehead atoms. The summed E-state index contributed by atoms with van der Waals surface area (Å²) in [6, 6.07) is 4.70. The number of aromatic amines is 1. The van der Waals surface area contributed by atoms with Crippen molar-refractivity contribution in [1.29, 1.82) is 0 Å².